The van der Waals surface area contributed by atoms with Crippen molar-refractivity contribution in [3.8, 4) is 0 Å². The van der Waals surface area contributed by atoms with Crippen molar-refractivity contribution in [3.63, 3.8) is 0 Å². The molecular weight excluding hydrogens is 186 g/mol. The number of aliphatic hydroxyl groups is 1. The second-order valence-electron chi connectivity index (χ2n) is 5.79. The Labute approximate surface area is 92.7 Å². The Hall–Kier alpha value is -0.0800. The molecule has 0 aromatic rings. The van der Waals surface area contributed by atoms with Gasteiger partial charge in [-0.25, -0.2) is 0 Å². The van der Waals surface area contributed by atoms with Crippen LogP contribution in [0.2, 0.25) is 0 Å². The number of hydrogen-bond donors (Lipinski definition) is 1. The van der Waals surface area contributed by atoms with E-state index in [9.17, 15) is 5.11 Å². The standard InChI is InChI=1S/C13H23NO/c15-9-10-7-12-5-1-3-11-4-2-6-13(8-10)14(11)12/h10-13,15H,1-9H2/t10?,11?,12-,13-/m0/s1. The minimum atomic E-state index is 0.422. The van der Waals surface area contributed by atoms with Crippen molar-refractivity contribution in [3.05, 3.63) is 0 Å². The number of rotatable bonds is 1. The maximum atomic E-state index is 9.36. The first-order valence-electron chi connectivity index (χ1n) is 6.77. The molecule has 3 fully saturated rings. The highest BCUT2D eigenvalue weighted by Gasteiger charge is 2.42. The smallest absolute Gasteiger partial charge is 0.0460 e. The summed E-state index contributed by atoms with van der Waals surface area (Å²) in [6, 6.07) is 2.54. The van der Waals surface area contributed by atoms with Crippen LogP contribution in [0.3, 0.4) is 0 Å². The van der Waals surface area contributed by atoms with Crippen molar-refractivity contribution in [2.75, 3.05) is 6.61 Å². The molecule has 0 saturated carbocycles. The van der Waals surface area contributed by atoms with E-state index in [4.69, 9.17) is 0 Å². The molecule has 1 N–H and O–H groups in total. The summed E-state index contributed by atoms with van der Waals surface area (Å²) in [6.07, 6.45) is 11.1. The van der Waals surface area contributed by atoms with Crippen LogP contribution in [-0.4, -0.2) is 34.7 Å². The van der Waals surface area contributed by atoms with E-state index in [-0.39, 0.29) is 0 Å². The van der Waals surface area contributed by atoms with Crippen LogP contribution >= 0.6 is 0 Å². The summed E-state index contributed by atoms with van der Waals surface area (Å²) in [5, 5.41) is 9.36. The van der Waals surface area contributed by atoms with Crippen molar-refractivity contribution >= 4 is 0 Å². The third kappa shape index (κ3) is 1.72. The van der Waals surface area contributed by atoms with E-state index >= 15 is 0 Å². The predicted octanol–water partition coefficient (Wildman–Crippen LogP) is 2.16. The normalized spacial score (nSPS) is 46.2. The second kappa shape index (κ2) is 4.06. The Morgan fingerprint density at radius 1 is 0.867 bits per heavy atom. The molecule has 0 aromatic carbocycles. The van der Waals surface area contributed by atoms with E-state index in [1.54, 1.807) is 0 Å². The number of piperidine rings is 3. The summed E-state index contributed by atoms with van der Waals surface area (Å²) in [4.78, 5) is 2.85. The molecule has 2 nitrogen and oxygen atoms in total. The minimum Gasteiger partial charge on any atom is -0.396 e. The van der Waals surface area contributed by atoms with Crippen LogP contribution in [0.5, 0.6) is 0 Å². The van der Waals surface area contributed by atoms with Crippen molar-refractivity contribution < 1.29 is 5.11 Å². The molecule has 3 rings (SSSR count). The largest absolute Gasteiger partial charge is 0.396 e. The van der Waals surface area contributed by atoms with Gasteiger partial charge in [-0.3, -0.25) is 4.90 Å². The molecule has 0 unspecified atom stereocenters. The molecule has 0 radical (unpaired) electrons. The van der Waals surface area contributed by atoms with Gasteiger partial charge in [-0.15, -0.1) is 0 Å². The van der Waals surface area contributed by atoms with Gasteiger partial charge in [0.1, 0.15) is 0 Å². The fourth-order valence-electron chi connectivity index (χ4n) is 4.31. The SMILES string of the molecule is OCC1C[C@@H]2CCCC3CCC[C@@H](C1)N32. The summed E-state index contributed by atoms with van der Waals surface area (Å²) < 4.78 is 0. The maximum Gasteiger partial charge on any atom is 0.0460 e. The van der Waals surface area contributed by atoms with Gasteiger partial charge in [0.2, 0.25) is 0 Å². The van der Waals surface area contributed by atoms with Crippen molar-refractivity contribution in [1.82, 2.24) is 4.90 Å². The summed E-state index contributed by atoms with van der Waals surface area (Å²) >= 11 is 0. The Kier molecular flexibility index (Phi) is 2.73. The van der Waals surface area contributed by atoms with Gasteiger partial charge in [0.25, 0.3) is 0 Å². The average Bonchev–Trinajstić information content (AvgIpc) is 2.29. The highest BCUT2D eigenvalue weighted by molar-refractivity contribution is 4.97. The van der Waals surface area contributed by atoms with E-state index < -0.39 is 0 Å². The molecule has 0 spiro atoms. The molecule has 15 heavy (non-hydrogen) atoms. The zero-order valence-corrected chi connectivity index (χ0v) is 9.57. The predicted molar refractivity (Wildman–Crippen MR) is 60.7 cm³/mol. The molecule has 3 heterocycles. The maximum absolute atomic E-state index is 9.36. The molecule has 3 aliphatic heterocycles. The van der Waals surface area contributed by atoms with Crippen LogP contribution in [0.25, 0.3) is 0 Å². The summed E-state index contributed by atoms with van der Waals surface area (Å²) in [6.45, 7) is 0.422. The van der Waals surface area contributed by atoms with Gasteiger partial charge in [-0.1, -0.05) is 12.8 Å². The Morgan fingerprint density at radius 2 is 1.40 bits per heavy atom. The first-order chi connectivity index (χ1) is 7.38. The third-order valence-electron chi connectivity index (χ3n) is 4.88. The third-order valence-corrected chi connectivity index (χ3v) is 4.88. The van der Waals surface area contributed by atoms with Gasteiger partial charge in [0, 0.05) is 24.7 Å². The zero-order chi connectivity index (χ0) is 10.3. The van der Waals surface area contributed by atoms with Gasteiger partial charge < -0.3 is 5.11 Å². The number of hydrogen-bond acceptors (Lipinski definition) is 2. The first kappa shape index (κ1) is 10.1. The monoisotopic (exact) mass is 209 g/mol. The van der Waals surface area contributed by atoms with E-state index in [1.807, 2.05) is 0 Å². The lowest BCUT2D eigenvalue weighted by molar-refractivity contribution is -0.0518. The highest BCUT2D eigenvalue weighted by Crippen LogP contribution is 2.41. The van der Waals surface area contributed by atoms with Gasteiger partial charge in [0.15, 0.2) is 0 Å². The average molecular weight is 209 g/mol. The molecule has 2 atom stereocenters. The van der Waals surface area contributed by atoms with E-state index in [1.165, 1.54) is 51.4 Å². The Morgan fingerprint density at radius 3 is 1.93 bits per heavy atom. The van der Waals surface area contributed by atoms with Crippen molar-refractivity contribution in [2.45, 2.75) is 69.5 Å². The quantitative estimate of drug-likeness (QED) is 0.715. The lowest BCUT2D eigenvalue weighted by Crippen LogP contribution is -2.58. The van der Waals surface area contributed by atoms with E-state index in [2.05, 4.69) is 4.90 Å². The summed E-state index contributed by atoms with van der Waals surface area (Å²) in [5.41, 5.74) is 0. The molecule has 0 amide bonds. The van der Waals surface area contributed by atoms with Crippen LogP contribution < -0.4 is 0 Å². The van der Waals surface area contributed by atoms with Crippen LogP contribution in [0.4, 0.5) is 0 Å². The van der Waals surface area contributed by atoms with E-state index in [0.29, 0.717) is 12.5 Å². The van der Waals surface area contributed by atoms with E-state index in [0.717, 1.165) is 18.1 Å². The van der Waals surface area contributed by atoms with Crippen molar-refractivity contribution in [1.29, 1.82) is 0 Å². The molecule has 3 saturated heterocycles. The first-order valence-corrected chi connectivity index (χ1v) is 6.77. The molecule has 2 heteroatoms. The minimum absolute atomic E-state index is 0.422. The summed E-state index contributed by atoms with van der Waals surface area (Å²) in [5.74, 6) is 0.605. The fourth-order valence-corrected chi connectivity index (χ4v) is 4.31. The molecule has 0 bridgehead atoms. The summed E-state index contributed by atoms with van der Waals surface area (Å²) in [7, 11) is 0. The second-order valence-corrected chi connectivity index (χ2v) is 5.79. The molecular formula is C13H23NO. The van der Waals surface area contributed by atoms with Gasteiger partial charge in [-0.2, -0.15) is 0 Å². The fraction of sp³-hybridized carbons (Fsp3) is 1.00. The lowest BCUT2D eigenvalue weighted by Gasteiger charge is -2.54. The highest BCUT2D eigenvalue weighted by atomic mass is 16.3. The van der Waals surface area contributed by atoms with Crippen LogP contribution in [0.15, 0.2) is 0 Å². The van der Waals surface area contributed by atoms with Gasteiger partial charge in [0.05, 0.1) is 0 Å². The zero-order valence-electron chi connectivity index (χ0n) is 9.57. The van der Waals surface area contributed by atoms with Gasteiger partial charge >= 0.3 is 0 Å². The molecule has 3 aliphatic rings. The topological polar surface area (TPSA) is 23.5 Å². The Bertz CT molecular complexity index is 211. The molecule has 0 aromatic heterocycles. The van der Waals surface area contributed by atoms with Crippen LogP contribution in [0.1, 0.15) is 51.4 Å². The molecule has 86 valence electrons. The number of aliphatic hydroxyl groups excluding tert-OH is 1. The number of nitrogens with zero attached hydrogens (tertiary/aromatic N) is 1. The van der Waals surface area contributed by atoms with Gasteiger partial charge in [-0.05, 0) is 44.4 Å². The van der Waals surface area contributed by atoms with Crippen molar-refractivity contribution in [2.24, 2.45) is 5.92 Å². The lowest BCUT2D eigenvalue weighted by atomic mass is 9.75. The Balaban J connectivity index is 1.78. The van der Waals surface area contributed by atoms with Crippen LogP contribution in [-0.2, 0) is 0 Å². The molecule has 0 aliphatic carbocycles. The van der Waals surface area contributed by atoms with Crippen LogP contribution in [0, 0.1) is 5.92 Å².